The molecular weight excluding hydrogens is 150 g/mol. The molecule has 0 amide bonds. The Morgan fingerprint density at radius 1 is 1.58 bits per heavy atom. The van der Waals surface area contributed by atoms with Gasteiger partial charge in [-0.25, -0.2) is 0 Å². The number of ketones is 1. The molecule has 3 unspecified atom stereocenters. The first-order valence-electron chi connectivity index (χ1n) is 4.57. The Labute approximate surface area is 73.8 Å². The summed E-state index contributed by atoms with van der Waals surface area (Å²) in [5.41, 5.74) is 5.84. The number of nitrogens with two attached hydrogens (primary N) is 1. The van der Waals surface area contributed by atoms with E-state index in [0.717, 1.165) is 19.3 Å². The van der Waals surface area contributed by atoms with E-state index >= 15 is 0 Å². The predicted octanol–water partition coefficient (Wildman–Crippen LogP) is 1.50. The fourth-order valence-electron chi connectivity index (χ4n) is 1.84. The molecule has 2 N–H and O–H groups in total. The highest BCUT2D eigenvalue weighted by Gasteiger charge is 2.27. The van der Waals surface area contributed by atoms with Gasteiger partial charge < -0.3 is 5.73 Å². The van der Waals surface area contributed by atoms with Crippen LogP contribution >= 0.6 is 0 Å². The molecule has 0 aromatic heterocycles. The van der Waals surface area contributed by atoms with E-state index < -0.39 is 0 Å². The van der Waals surface area contributed by atoms with Gasteiger partial charge in [0.05, 0.1) is 0 Å². The van der Waals surface area contributed by atoms with E-state index in [1.807, 2.05) is 0 Å². The van der Waals surface area contributed by atoms with Gasteiger partial charge in [-0.1, -0.05) is 13.5 Å². The van der Waals surface area contributed by atoms with Crippen LogP contribution in [0.2, 0.25) is 0 Å². The first-order valence-corrected chi connectivity index (χ1v) is 4.57. The maximum Gasteiger partial charge on any atom is 0.158 e. The van der Waals surface area contributed by atoms with E-state index in [-0.39, 0.29) is 11.7 Å². The van der Waals surface area contributed by atoms with Gasteiger partial charge in [0, 0.05) is 12.0 Å². The summed E-state index contributed by atoms with van der Waals surface area (Å²) in [5, 5.41) is 0. The van der Waals surface area contributed by atoms with Crippen LogP contribution in [0.4, 0.5) is 0 Å². The Morgan fingerprint density at radius 3 is 2.75 bits per heavy atom. The van der Waals surface area contributed by atoms with E-state index in [9.17, 15) is 4.79 Å². The largest absolute Gasteiger partial charge is 0.327 e. The number of carbonyl (C=O) groups excluding carboxylic acids is 1. The van der Waals surface area contributed by atoms with Crippen molar-refractivity contribution in [1.29, 1.82) is 0 Å². The molecule has 0 spiro atoms. The normalized spacial score (nSPS) is 36.0. The van der Waals surface area contributed by atoms with Crippen LogP contribution in [0.1, 0.15) is 26.2 Å². The Hall–Kier alpha value is -0.630. The van der Waals surface area contributed by atoms with Crippen LogP contribution in [0.25, 0.3) is 0 Å². The van der Waals surface area contributed by atoms with Gasteiger partial charge in [-0.15, -0.1) is 0 Å². The maximum atomic E-state index is 11.3. The minimum absolute atomic E-state index is 0.189. The fraction of sp³-hybridized carbons (Fsp3) is 0.700. The highest BCUT2D eigenvalue weighted by Crippen LogP contribution is 2.28. The second kappa shape index (κ2) is 3.85. The Morgan fingerprint density at radius 2 is 2.25 bits per heavy atom. The number of hydrogen-bond donors (Lipinski definition) is 1. The first-order chi connectivity index (χ1) is 5.65. The monoisotopic (exact) mass is 167 g/mol. The highest BCUT2D eigenvalue weighted by molar-refractivity contribution is 5.91. The molecule has 0 heterocycles. The van der Waals surface area contributed by atoms with Crippen LogP contribution < -0.4 is 5.73 Å². The summed E-state index contributed by atoms with van der Waals surface area (Å²) >= 11 is 0. The van der Waals surface area contributed by atoms with E-state index in [4.69, 9.17) is 5.73 Å². The molecule has 12 heavy (non-hydrogen) atoms. The predicted molar refractivity (Wildman–Crippen MR) is 49.7 cm³/mol. The Kier molecular flexibility index (Phi) is 3.04. The minimum Gasteiger partial charge on any atom is -0.327 e. The van der Waals surface area contributed by atoms with Gasteiger partial charge in [-0.2, -0.15) is 0 Å². The molecule has 0 aromatic rings. The smallest absolute Gasteiger partial charge is 0.158 e. The molecular formula is C10H17NO. The van der Waals surface area contributed by atoms with Crippen LogP contribution in [0.15, 0.2) is 12.7 Å². The third kappa shape index (κ3) is 1.95. The summed E-state index contributed by atoms with van der Waals surface area (Å²) in [6.45, 7) is 5.62. The highest BCUT2D eigenvalue weighted by atomic mass is 16.1. The van der Waals surface area contributed by atoms with E-state index in [0.29, 0.717) is 12.0 Å². The SMILES string of the molecule is C=CC(=O)C1CCC(N)C(C)C1. The lowest BCUT2D eigenvalue weighted by molar-refractivity contribution is -0.119. The van der Waals surface area contributed by atoms with Crippen LogP contribution in [0.5, 0.6) is 0 Å². The van der Waals surface area contributed by atoms with Crippen molar-refractivity contribution in [3.63, 3.8) is 0 Å². The molecule has 0 aromatic carbocycles. The van der Waals surface area contributed by atoms with Crippen molar-refractivity contribution in [3.05, 3.63) is 12.7 Å². The van der Waals surface area contributed by atoms with Crippen molar-refractivity contribution in [1.82, 2.24) is 0 Å². The van der Waals surface area contributed by atoms with Gasteiger partial charge in [0.25, 0.3) is 0 Å². The number of rotatable bonds is 2. The van der Waals surface area contributed by atoms with Crippen molar-refractivity contribution in [3.8, 4) is 0 Å². The molecule has 1 saturated carbocycles. The van der Waals surface area contributed by atoms with Crippen molar-refractivity contribution in [2.45, 2.75) is 32.2 Å². The molecule has 0 bridgehead atoms. The molecule has 1 rings (SSSR count). The zero-order chi connectivity index (χ0) is 9.14. The summed E-state index contributed by atoms with van der Waals surface area (Å²) in [4.78, 5) is 11.3. The van der Waals surface area contributed by atoms with Gasteiger partial charge in [-0.3, -0.25) is 4.79 Å². The summed E-state index contributed by atoms with van der Waals surface area (Å²) in [5.74, 6) is 0.860. The molecule has 2 heteroatoms. The second-order valence-corrected chi connectivity index (χ2v) is 3.76. The molecule has 2 nitrogen and oxygen atoms in total. The van der Waals surface area contributed by atoms with Crippen molar-refractivity contribution < 1.29 is 4.79 Å². The van der Waals surface area contributed by atoms with E-state index in [2.05, 4.69) is 13.5 Å². The first kappa shape index (κ1) is 9.46. The topological polar surface area (TPSA) is 43.1 Å². The zero-order valence-corrected chi connectivity index (χ0v) is 7.62. The summed E-state index contributed by atoms with van der Waals surface area (Å²) in [7, 11) is 0. The zero-order valence-electron chi connectivity index (χ0n) is 7.62. The van der Waals surface area contributed by atoms with Crippen molar-refractivity contribution >= 4 is 5.78 Å². The summed E-state index contributed by atoms with van der Waals surface area (Å²) in [6.07, 6.45) is 4.29. The van der Waals surface area contributed by atoms with E-state index in [1.54, 1.807) is 0 Å². The lowest BCUT2D eigenvalue weighted by Gasteiger charge is -2.30. The Balaban J connectivity index is 2.50. The minimum atomic E-state index is 0.189. The lowest BCUT2D eigenvalue weighted by Crippen LogP contribution is -2.36. The summed E-state index contributed by atoms with van der Waals surface area (Å²) < 4.78 is 0. The van der Waals surface area contributed by atoms with Gasteiger partial charge in [0.15, 0.2) is 5.78 Å². The van der Waals surface area contributed by atoms with Crippen LogP contribution in [-0.4, -0.2) is 11.8 Å². The number of carbonyl (C=O) groups is 1. The lowest BCUT2D eigenvalue weighted by atomic mass is 9.77. The van der Waals surface area contributed by atoms with Gasteiger partial charge in [-0.05, 0) is 31.3 Å². The quantitative estimate of drug-likeness (QED) is 0.633. The molecule has 68 valence electrons. The summed E-state index contributed by atoms with van der Waals surface area (Å²) in [6, 6.07) is 0.291. The number of allylic oxidation sites excluding steroid dienone is 1. The average Bonchev–Trinajstić information content (AvgIpc) is 2.08. The third-order valence-corrected chi connectivity index (χ3v) is 2.84. The average molecular weight is 167 g/mol. The molecule has 0 radical (unpaired) electrons. The molecule has 3 atom stereocenters. The standard InChI is InChI=1S/C10H17NO/c1-3-10(12)8-4-5-9(11)7(2)6-8/h3,7-9H,1,4-6,11H2,2H3. The molecule has 1 fully saturated rings. The number of hydrogen-bond acceptors (Lipinski definition) is 2. The van der Waals surface area contributed by atoms with Crippen LogP contribution in [0.3, 0.4) is 0 Å². The van der Waals surface area contributed by atoms with Gasteiger partial charge in [0.2, 0.25) is 0 Å². The molecule has 1 aliphatic carbocycles. The van der Waals surface area contributed by atoms with Crippen molar-refractivity contribution in [2.75, 3.05) is 0 Å². The van der Waals surface area contributed by atoms with Gasteiger partial charge >= 0.3 is 0 Å². The van der Waals surface area contributed by atoms with Gasteiger partial charge in [0.1, 0.15) is 0 Å². The third-order valence-electron chi connectivity index (χ3n) is 2.84. The molecule has 1 aliphatic rings. The molecule has 0 saturated heterocycles. The second-order valence-electron chi connectivity index (χ2n) is 3.76. The van der Waals surface area contributed by atoms with Crippen LogP contribution in [-0.2, 0) is 4.79 Å². The van der Waals surface area contributed by atoms with Crippen molar-refractivity contribution in [2.24, 2.45) is 17.6 Å². The van der Waals surface area contributed by atoms with Crippen LogP contribution in [0, 0.1) is 11.8 Å². The molecule has 0 aliphatic heterocycles. The Bertz CT molecular complexity index is 188. The van der Waals surface area contributed by atoms with E-state index in [1.165, 1.54) is 6.08 Å². The fourth-order valence-corrected chi connectivity index (χ4v) is 1.84. The maximum absolute atomic E-state index is 11.3.